The van der Waals surface area contributed by atoms with Gasteiger partial charge in [-0.1, -0.05) is 0 Å². The zero-order chi connectivity index (χ0) is 5.11. The highest BCUT2D eigenvalue weighted by atomic mass is 127. The van der Waals surface area contributed by atoms with E-state index in [1.807, 2.05) is 0 Å². The van der Waals surface area contributed by atoms with Crippen molar-refractivity contribution in [3.05, 3.63) is 5.21 Å². The maximum absolute atomic E-state index is 10.5. The molecule has 0 aromatic heterocycles. The number of hydrogen-bond donors (Lipinski definition) is 1. The lowest BCUT2D eigenvalue weighted by Gasteiger charge is -2.25. The Labute approximate surface area is 66.8 Å². The topological polar surface area (TPSA) is 27.5 Å². The average molecular weight is 228 g/mol. The summed E-state index contributed by atoms with van der Waals surface area (Å²) in [4.78, 5) is 0. The van der Waals surface area contributed by atoms with Crippen LogP contribution in [0.15, 0.2) is 0 Å². The lowest BCUT2D eigenvalue weighted by molar-refractivity contribution is -0.853. The summed E-state index contributed by atoms with van der Waals surface area (Å²) in [5, 5.41) is 10.9. The normalized spacial score (nSPS) is 22.1. The number of quaternary nitrogens is 1. The van der Waals surface area contributed by atoms with E-state index in [9.17, 15) is 5.21 Å². The molecule has 0 saturated carbocycles. The second-order valence-corrected chi connectivity index (χ2v) is 2.10. The van der Waals surface area contributed by atoms with Gasteiger partial charge in [-0.05, 0) is 19.3 Å². The van der Waals surface area contributed by atoms with Gasteiger partial charge < -0.3 is 34.2 Å². The van der Waals surface area contributed by atoms with Gasteiger partial charge in [0.15, 0.2) is 0 Å². The van der Waals surface area contributed by atoms with Gasteiger partial charge >= 0.3 is 0 Å². The summed E-state index contributed by atoms with van der Waals surface area (Å²) < 4.78 is 0. The van der Waals surface area contributed by atoms with Crippen molar-refractivity contribution in [2.45, 2.75) is 19.3 Å². The SMILES string of the molecule is [I-].[O-][NH+]1CCCCC1. The Hall–Kier alpha value is 0.650. The molecule has 0 aromatic carbocycles. The molecule has 1 N–H and O–H groups in total. The fraction of sp³-hybridized carbons (Fsp3) is 1.00. The lowest BCUT2D eigenvalue weighted by atomic mass is 10.2. The fourth-order valence-corrected chi connectivity index (χ4v) is 0.946. The second kappa shape index (κ2) is 4.52. The third-order valence-electron chi connectivity index (χ3n) is 1.41. The van der Waals surface area contributed by atoms with E-state index in [0.29, 0.717) is 5.06 Å². The molecule has 0 unspecified atom stereocenters. The van der Waals surface area contributed by atoms with Gasteiger partial charge in [0.25, 0.3) is 0 Å². The molecule has 1 aliphatic heterocycles. The van der Waals surface area contributed by atoms with Crippen LogP contribution in [0.3, 0.4) is 0 Å². The number of nitrogens with one attached hydrogen (secondary N) is 1. The smallest absolute Gasteiger partial charge is 0.0768 e. The van der Waals surface area contributed by atoms with Crippen molar-refractivity contribution in [3.63, 3.8) is 0 Å². The summed E-state index contributed by atoms with van der Waals surface area (Å²) in [7, 11) is 0. The molecule has 1 rings (SSSR count). The number of rotatable bonds is 0. The number of hydroxylamine groups is 2. The van der Waals surface area contributed by atoms with Gasteiger partial charge in [-0.3, -0.25) is 0 Å². The fourth-order valence-electron chi connectivity index (χ4n) is 0.946. The molecule has 2 nitrogen and oxygen atoms in total. The molecule has 0 amide bonds. The Morgan fingerprint density at radius 1 is 1.00 bits per heavy atom. The zero-order valence-corrected chi connectivity index (χ0v) is 6.98. The summed E-state index contributed by atoms with van der Waals surface area (Å²) in [5.41, 5.74) is 0. The molecule has 3 heteroatoms. The quantitative estimate of drug-likeness (QED) is 0.339. The Bertz CT molecular complexity index is 54.4. The van der Waals surface area contributed by atoms with E-state index < -0.39 is 0 Å². The van der Waals surface area contributed by atoms with Crippen LogP contribution in [0.1, 0.15) is 19.3 Å². The summed E-state index contributed by atoms with van der Waals surface area (Å²) in [6.07, 6.45) is 3.55. The largest absolute Gasteiger partial charge is 1.00 e. The Kier molecular flexibility index (Phi) is 4.89. The minimum atomic E-state index is 0. The molecule has 0 aliphatic carbocycles. The summed E-state index contributed by atoms with van der Waals surface area (Å²) in [6, 6.07) is 0. The summed E-state index contributed by atoms with van der Waals surface area (Å²) >= 11 is 0. The Balaban J connectivity index is 0.000000490. The van der Waals surface area contributed by atoms with Crippen LogP contribution in [-0.4, -0.2) is 13.1 Å². The molecular weight excluding hydrogens is 217 g/mol. The van der Waals surface area contributed by atoms with Crippen LogP contribution >= 0.6 is 0 Å². The van der Waals surface area contributed by atoms with Gasteiger partial charge in [-0.2, -0.15) is 0 Å². The molecule has 0 atom stereocenters. The summed E-state index contributed by atoms with van der Waals surface area (Å²) in [5.74, 6) is 0. The average Bonchev–Trinajstić information content (AvgIpc) is 1.69. The first kappa shape index (κ1) is 8.65. The van der Waals surface area contributed by atoms with Crippen molar-refractivity contribution in [3.8, 4) is 0 Å². The predicted octanol–water partition coefficient (Wildman–Crippen LogP) is -3.44. The summed E-state index contributed by atoms with van der Waals surface area (Å²) in [6.45, 7) is 1.69. The molecule has 1 fully saturated rings. The Morgan fingerprint density at radius 2 is 1.50 bits per heavy atom. The van der Waals surface area contributed by atoms with Gasteiger partial charge in [0, 0.05) is 0 Å². The van der Waals surface area contributed by atoms with Gasteiger partial charge in [0.05, 0.1) is 13.1 Å². The van der Waals surface area contributed by atoms with E-state index in [-0.39, 0.29) is 24.0 Å². The number of hydrogen-bond acceptors (Lipinski definition) is 1. The first-order valence-corrected chi connectivity index (χ1v) is 2.91. The lowest BCUT2D eigenvalue weighted by Crippen LogP contribution is -3.07. The molecular formula is C5H11INO-. The van der Waals surface area contributed by atoms with E-state index in [4.69, 9.17) is 0 Å². The van der Waals surface area contributed by atoms with Crippen LogP contribution in [0.5, 0.6) is 0 Å². The van der Waals surface area contributed by atoms with E-state index >= 15 is 0 Å². The highest BCUT2D eigenvalue weighted by Gasteiger charge is 2.02. The first-order valence-electron chi connectivity index (χ1n) is 2.91. The van der Waals surface area contributed by atoms with Crippen molar-refractivity contribution < 1.29 is 29.0 Å². The van der Waals surface area contributed by atoms with Gasteiger partial charge in [0.2, 0.25) is 0 Å². The van der Waals surface area contributed by atoms with E-state index in [1.54, 1.807) is 0 Å². The van der Waals surface area contributed by atoms with Crippen molar-refractivity contribution in [2.75, 3.05) is 13.1 Å². The number of piperidine rings is 1. The van der Waals surface area contributed by atoms with Gasteiger partial charge in [0.1, 0.15) is 0 Å². The molecule has 0 bridgehead atoms. The van der Waals surface area contributed by atoms with Crippen molar-refractivity contribution in [2.24, 2.45) is 0 Å². The van der Waals surface area contributed by atoms with Crippen molar-refractivity contribution >= 4 is 0 Å². The third-order valence-corrected chi connectivity index (χ3v) is 1.41. The molecule has 1 aliphatic rings. The second-order valence-electron chi connectivity index (χ2n) is 2.10. The number of halogens is 1. The zero-order valence-electron chi connectivity index (χ0n) is 4.82. The molecule has 0 spiro atoms. The van der Waals surface area contributed by atoms with E-state index in [0.717, 1.165) is 25.9 Å². The third kappa shape index (κ3) is 2.84. The van der Waals surface area contributed by atoms with Gasteiger partial charge in [-0.25, -0.2) is 0 Å². The highest BCUT2D eigenvalue weighted by Crippen LogP contribution is 1.93. The molecule has 1 saturated heterocycles. The van der Waals surface area contributed by atoms with Crippen LogP contribution in [0, 0.1) is 5.21 Å². The van der Waals surface area contributed by atoms with Crippen LogP contribution in [-0.2, 0) is 0 Å². The minimum absolute atomic E-state index is 0. The van der Waals surface area contributed by atoms with Crippen LogP contribution in [0.4, 0.5) is 0 Å². The highest BCUT2D eigenvalue weighted by molar-refractivity contribution is 4.44. The van der Waals surface area contributed by atoms with Gasteiger partial charge in [-0.15, -0.1) is 0 Å². The van der Waals surface area contributed by atoms with Crippen LogP contribution in [0.2, 0.25) is 0 Å². The minimum Gasteiger partial charge on any atom is -1.00 e. The molecule has 8 heavy (non-hydrogen) atoms. The molecule has 0 aromatic rings. The monoisotopic (exact) mass is 228 g/mol. The van der Waals surface area contributed by atoms with Crippen LogP contribution in [0.25, 0.3) is 0 Å². The maximum Gasteiger partial charge on any atom is 0.0768 e. The molecule has 0 radical (unpaired) electrons. The van der Waals surface area contributed by atoms with Crippen molar-refractivity contribution in [1.29, 1.82) is 0 Å². The predicted molar refractivity (Wildman–Crippen MR) is 27.9 cm³/mol. The Morgan fingerprint density at radius 3 is 1.75 bits per heavy atom. The molecule has 1 heterocycles. The van der Waals surface area contributed by atoms with Crippen LogP contribution < -0.4 is 29.0 Å². The maximum atomic E-state index is 10.5. The van der Waals surface area contributed by atoms with E-state index in [1.165, 1.54) is 6.42 Å². The first-order chi connectivity index (χ1) is 3.39. The van der Waals surface area contributed by atoms with E-state index in [2.05, 4.69) is 0 Å². The molecule has 50 valence electrons. The van der Waals surface area contributed by atoms with Crippen molar-refractivity contribution in [1.82, 2.24) is 0 Å². The standard InChI is InChI=1S/C5H11NO.HI/c7-6-4-2-1-3-5-6;/h6H,1-5H2;1H/p-1.